The lowest BCUT2D eigenvalue weighted by Gasteiger charge is -2.32. The summed E-state index contributed by atoms with van der Waals surface area (Å²) in [6.45, 7) is 5.37. The maximum atomic E-state index is 14.3. The van der Waals surface area contributed by atoms with Crippen molar-refractivity contribution in [3.63, 3.8) is 0 Å². The van der Waals surface area contributed by atoms with Crippen LogP contribution in [-0.2, 0) is 30.8 Å². The third kappa shape index (κ3) is 6.27. The molecule has 0 fully saturated rings. The first-order valence-corrected chi connectivity index (χ1v) is 14.7. The number of carbonyl (C=O) groups is 3. The number of para-hydroxylation sites is 3. The molecule has 0 saturated heterocycles. The highest BCUT2D eigenvalue weighted by Gasteiger charge is 2.43. The standard InChI is InChI=1S/C28H33N5O5S.ClH/c1-17-14-30-22-11-7-6-10-20(22)21(17)15-32-23-12-8-9-13-24(23)33(25(34)16-39(5,37)38)19(3)26(28(32)36)31-27(35)18(2)29-4;/h6-14,18-19,26,29H,15-16H2,1-5H3,(H,31,35);1H/t18?,19-,26-;/m0./s1. The lowest BCUT2D eigenvalue weighted by atomic mass is 10.0. The Kier molecular flexibility index (Phi) is 9.55. The minimum atomic E-state index is -3.67. The summed E-state index contributed by atoms with van der Waals surface area (Å²) in [6, 6.07) is 11.9. The number of anilines is 2. The number of pyridine rings is 1. The van der Waals surface area contributed by atoms with Gasteiger partial charge in [-0.1, -0.05) is 30.3 Å². The van der Waals surface area contributed by atoms with E-state index in [2.05, 4.69) is 15.6 Å². The number of benzene rings is 2. The Labute approximate surface area is 240 Å². The second-order valence-electron chi connectivity index (χ2n) is 9.92. The zero-order valence-electron chi connectivity index (χ0n) is 23.0. The number of aryl methyl sites for hydroxylation is 1. The highest BCUT2D eigenvalue weighted by molar-refractivity contribution is 7.91. The fourth-order valence-electron chi connectivity index (χ4n) is 4.83. The maximum absolute atomic E-state index is 14.3. The highest BCUT2D eigenvalue weighted by Crippen LogP contribution is 2.37. The topological polar surface area (TPSA) is 129 Å². The summed E-state index contributed by atoms with van der Waals surface area (Å²) in [7, 11) is -2.04. The first kappa shape index (κ1) is 31.0. The Morgan fingerprint density at radius 1 is 1.07 bits per heavy atom. The molecule has 0 aliphatic carbocycles. The van der Waals surface area contributed by atoms with Gasteiger partial charge in [-0.05, 0) is 57.1 Å². The molecular weight excluding hydrogens is 554 g/mol. The largest absolute Gasteiger partial charge is 0.341 e. The van der Waals surface area contributed by atoms with Crippen molar-refractivity contribution >= 4 is 62.2 Å². The molecule has 2 N–H and O–H groups in total. The minimum absolute atomic E-state index is 0. The summed E-state index contributed by atoms with van der Waals surface area (Å²) in [4.78, 5) is 48.1. The van der Waals surface area contributed by atoms with E-state index in [0.29, 0.717) is 11.4 Å². The molecule has 1 aliphatic rings. The fraction of sp³-hybridized carbons (Fsp3) is 0.357. The molecule has 214 valence electrons. The minimum Gasteiger partial charge on any atom is -0.341 e. The van der Waals surface area contributed by atoms with E-state index in [1.165, 1.54) is 4.90 Å². The van der Waals surface area contributed by atoms with Gasteiger partial charge in [-0.25, -0.2) is 8.42 Å². The SMILES string of the molecule is CNC(C)C(=O)N[C@@H]1C(=O)N(Cc2c(C)cnc3ccccc23)c2ccccc2N(C(=O)CS(C)(=O)=O)[C@H]1C.Cl. The van der Waals surface area contributed by atoms with Crippen LogP contribution in [0.5, 0.6) is 0 Å². The number of hydrogen-bond acceptors (Lipinski definition) is 7. The summed E-state index contributed by atoms with van der Waals surface area (Å²) in [5.41, 5.74) is 3.36. The van der Waals surface area contributed by atoms with Crippen molar-refractivity contribution in [3.8, 4) is 0 Å². The average molecular weight is 588 g/mol. The van der Waals surface area contributed by atoms with Crippen LogP contribution in [0.1, 0.15) is 25.0 Å². The molecule has 0 radical (unpaired) electrons. The molecule has 12 heteroatoms. The number of nitrogens with zero attached hydrogens (tertiary/aromatic N) is 3. The molecule has 4 rings (SSSR count). The molecule has 0 spiro atoms. The van der Waals surface area contributed by atoms with E-state index in [9.17, 15) is 22.8 Å². The van der Waals surface area contributed by atoms with E-state index in [0.717, 1.165) is 28.3 Å². The first-order valence-electron chi connectivity index (χ1n) is 12.6. The number of fused-ring (bicyclic) bond motifs is 2. The van der Waals surface area contributed by atoms with Crippen LogP contribution in [0.25, 0.3) is 10.9 Å². The van der Waals surface area contributed by atoms with Gasteiger partial charge in [0.1, 0.15) is 11.8 Å². The van der Waals surface area contributed by atoms with Gasteiger partial charge in [0.15, 0.2) is 9.84 Å². The Bertz CT molecular complexity index is 1550. The predicted molar refractivity (Wildman–Crippen MR) is 158 cm³/mol. The van der Waals surface area contributed by atoms with Crippen LogP contribution in [-0.4, -0.2) is 68.3 Å². The monoisotopic (exact) mass is 587 g/mol. The van der Waals surface area contributed by atoms with Gasteiger partial charge in [0.05, 0.1) is 35.5 Å². The van der Waals surface area contributed by atoms with Crippen LogP contribution < -0.4 is 20.4 Å². The lowest BCUT2D eigenvalue weighted by molar-refractivity contribution is -0.129. The van der Waals surface area contributed by atoms with Gasteiger partial charge in [-0.15, -0.1) is 12.4 Å². The Hall–Kier alpha value is -3.54. The summed E-state index contributed by atoms with van der Waals surface area (Å²) in [5, 5.41) is 6.55. The van der Waals surface area contributed by atoms with Crippen molar-refractivity contribution in [2.24, 2.45) is 0 Å². The van der Waals surface area contributed by atoms with Crippen molar-refractivity contribution in [1.29, 1.82) is 0 Å². The maximum Gasteiger partial charge on any atom is 0.252 e. The van der Waals surface area contributed by atoms with E-state index >= 15 is 0 Å². The molecule has 10 nitrogen and oxygen atoms in total. The molecule has 3 atom stereocenters. The van der Waals surface area contributed by atoms with E-state index < -0.39 is 51.4 Å². The number of carbonyl (C=O) groups excluding carboxylic acids is 3. The molecular formula is C28H34ClN5O5S. The van der Waals surface area contributed by atoms with Crippen LogP contribution >= 0.6 is 12.4 Å². The highest BCUT2D eigenvalue weighted by atomic mass is 35.5. The van der Waals surface area contributed by atoms with E-state index in [1.54, 1.807) is 56.3 Å². The Morgan fingerprint density at radius 2 is 1.70 bits per heavy atom. The van der Waals surface area contributed by atoms with Crippen LogP contribution in [0.4, 0.5) is 11.4 Å². The fourth-order valence-corrected chi connectivity index (χ4v) is 5.42. The van der Waals surface area contributed by atoms with E-state index in [-0.39, 0.29) is 19.0 Å². The smallest absolute Gasteiger partial charge is 0.252 e. The number of nitrogens with one attached hydrogen (secondary N) is 2. The third-order valence-electron chi connectivity index (χ3n) is 7.05. The molecule has 3 amide bonds. The van der Waals surface area contributed by atoms with Crippen molar-refractivity contribution in [2.45, 2.75) is 45.4 Å². The third-order valence-corrected chi connectivity index (χ3v) is 7.82. The normalized spacial score (nSPS) is 18.0. The number of halogens is 1. The number of hydrogen-bond donors (Lipinski definition) is 2. The molecule has 0 bridgehead atoms. The average Bonchev–Trinajstić information content (AvgIpc) is 2.97. The summed E-state index contributed by atoms with van der Waals surface area (Å²) in [5.74, 6) is -2.25. The van der Waals surface area contributed by atoms with Crippen molar-refractivity contribution in [1.82, 2.24) is 15.6 Å². The summed E-state index contributed by atoms with van der Waals surface area (Å²) < 4.78 is 24.2. The number of amides is 3. The number of likely N-dealkylation sites (N-methyl/N-ethyl adjacent to an activating group) is 1. The second kappa shape index (κ2) is 12.3. The van der Waals surface area contributed by atoms with Crippen molar-refractivity contribution < 1.29 is 22.8 Å². The van der Waals surface area contributed by atoms with Gasteiger partial charge in [0.25, 0.3) is 5.91 Å². The molecule has 40 heavy (non-hydrogen) atoms. The second-order valence-corrected chi connectivity index (χ2v) is 12.1. The van der Waals surface area contributed by atoms with Gasteiger partial charge in [-0.2, -0.15) is 0 Å². The molecule has 3 aromatic rings. The van der Waals surface area contributed by atoms with Gasteiger partial charge < -0.3 is 20.4 Å². The number of aromatic nitrogens is 1. The zero-order chi connectivity index (χ0) is 28.5. The van der Waals surface area contributed by atoms with Crippen LogP contribution in [0.2, 0.25) is 0 Å². The zero-order valence-corrected chi connectivity index (χ0v) is 24.7. The van der Waals surface area contributed by atoms with Gasteiger partial charge in [0.2, 0.25) is 11.8 Å². The first-order chi connectivity index (χ1) is 18.4. The molecule has 1 aliphatic heterocycles. The number of rotatable bonds is 7. The summed E-state index contributed by atoms with van der Waals surface area (Å²) in [6.07, 6.45) is 2.74. The molecule has 1 aromatic heterocycles. The van der Waals surface area contributed by atoms with Crippen molar-refractivity contribution in [3.05, 3.63) is 65.9 Å². The van der Waals surface area contributed by atoms with Crippen LogP contribution in [0.15, 0.2) is 54.7 Å². The molecule has 1 unspecified atom stereocenters. The molecule has 2 aromatic carbocycles. The van der Waals surface area contributed by atoms with Gasteiger partial charge in [-0.3, -0.25) is 19.4 Å². The van der Waals surface area contributed by atoms with Crippen LogP contribution in [0.3, 0.4) is 0 Å². The van der Waals surface area contributed by atoms with E-state index in [4.69, 9.17) is 0 Å². The van der Waals surface area contributed by atoms with Gasteiger partial charge >= 0.3 is 0 Å². The summed E-state index contributed by atoms with van der Waals surface area (Å²) >= 11 is 0. The molecule has 2 heterocycles. The Morgan fingerprint density at radius 3 is 2.35 bits per heavy atom. The van der Waals surface area contributed by atoms with E-state index in [1.807, 2.05) is 31.2 Å². The van der Waals surface area contributed by atoms with Crippen LogP contribution in [0, 0.1) is 6.92 Å². The van der Waals surface area contributed by atoms with Crippen molar-refractivity contribution in [2.75, 3.05) is 28.9 Å². The quantitative estimate of drug-likeness (QED) is 0.434. The number of sulfone groups is 1. The predicted octanol–water partition coefficient (Wildman–Crippen LogP) is 2.37. The van der Waals surface area contributed by atoms with Gasteiger partial charge in [0, 0.05) is 17.8 Å². The lowest BCUT2D eigenvalue weighted by Crippen LogP contribution is -2.60. The molecule has 0 saturated carbocycles. The Balaban J connectivity index is 0.00000441.